The van der Waals surface area contributed by atoms with Gasteiger partial charge in [0.1, 0.15) is 12.3 Å². The molecule has 2 aliphatic rings. The maximum atomic E-state index is 12.4. The lowest BCUT2D eigenvalue weighted by atomic mass is 10.0. The third-order valence-corrected chi connectivity index (χ3v) is 5.10. The average Bonchev–Trinajstić information content (AvgIpc) is 3.12. The number of rotatable bonds is 5. The zero-order chi connectivity index (χ0) is 19.5. The molecule has 4 rings (SSSR count). The molecule has 0 atom stereocenters. The Morgan fingerprint density at radius 2 is 1.86 bits per heavy atom. The number of nitrogens with zero attached hydrogens (tertiary/aromatic N) is 1. The van der Waals surface area contributed by atoms with Gasteiger partial charge in [-0.3, -0.25) is 19.3 Å². The molecule has 0 unspecified atom stereocenters. The summed E-state index contributed by atoms with van der Waals surface area (Å²) in [6.45, 7) is -0.327. The van der Waals surface area contributed by atoms with Crippen LogP contribution in [0.5, 0.6) is 5.75 Å². The van der Waals surface area contributed by atoms with E-state index in [4.69, 9.17) is 9.47 Å². The first-order valence-electron chi connectivity index (χ1n) is 9.44. The van der Waals surface area contributed by atoms with E-state index in [1.54, 1.807) is 30.3 Å². The Hall–Kier alpha value is -3.15. The minimum absolute atomic E-state index is 0.177. The molecule has 0 bridgehead atoms. The minimum Gasteiger partial charge on any atom is -0.491 e. The zero-order valence-corrected chi connectivity index (χ0v) is 15.5. The van der Waals surface area contributed by atoms with Crippen LogP contribution in [0.1, 0.15) is 34.3 Å². The second-order valence-electron chi connectivity index (χ2n) is 6.97. The molecular weight excluding hydrogens is 358 g/mol. The van der Waals surface area contributed by atoms with Gasteiger partial charge in [0.15, 0.2) is 12.4 Å². The number of aryl methyl sites for hydroxylation is 2. The molecule has 0 fully saturated rings. The molecule has 2 aromatic rings. The van der Waals surface area contributed by atoms with Crippen molar-refractivity contribution in [2.75, 3.05) is 24.7 Å². The van der Waals surface area contributed by atoms with Crippen molar-refractivity contribution in [2.24, 2.45) is 0 Å². The minimum atomic E-state index is -0.625. The molecular formula is C22H21NO5. The van der Waals surface area contributed by atoms with E-state index in [0.717, 1.165) is 19.3 Å². The molecule has 1 aliphatic heterocycles. The molecule has 144 valence electrons. The molecule has 1 heterocycles. The number of ketones is 1. The van der Waals surface area contributed by atoms with Gasteiger partial charge >= 0.3 is 5.97 Å². The molecule has 2 aromatic carbocycles. The normalized spacial score (nSPS) is 15.3. The van der Waals surface area contributed by atoms with Crippen molar-refractivity contribution in [3.05, 3.63) is 59.2 Å². The summed E-state index contributed by atoms with van der Waals surface area (Å²) in [6.07, 6.45) is 3.32. The first-order valence-corrected chi connectivity index (χ1v) is 9.44. The van der Waals surface area contributed by atoms with E-state index < -0.39 is 5.97 Å². The smallest absolute Gasteiger partial charge is 0.326 e. The van der Waals surface area contributed by atoms with E-state index in [9.17, 15) is 14.4 Å². The second-order valence-corrected chi connectivity index (χ2v) is 6.97. The number of para-hydroxylation sites is 2. The molecule has 6 nitrogen and oxygen atoms in total. The summed E-state index contributed by atoms with van der Waals surface area (Å²) < 4.78 is 10.7. The van der Waals surface area contributed by atoms with E-state index in [2.05, 4.69) is 0 Å². The van der Waals surface area contributed by atoms with Gasteiger partial charge in [0.2, 0.25) is 5.91 Å². The number of esters is 1. The van der Waals surface area contributed by atoms with Crippen LogP contribution in [0.3, 0.4) is 0 Å². The topological polar surface area (TPSA) is 72.9 Å². The number of hydrogen-bond donors (Lipinski definition) is 0. The fraction of sp³-hybridized carbons (Fsp3) is 0.318. The lowest BCUT2D eigenvalue weighted by Gasteiger charge is -2.20. The Balaban J connectivity index is 1.39. The molecule has 0 radical (unpaired) electrons. The van der Waals surface area contributed by atoms with Crippen LogP contribution in [0.4, 0.5) is 5.69 Å². The molecule has 0 N–H and O–H groups in total. The summed E-state index contributed by atoms with van der Waals surface area (Å²) in [4.78, 5) is 38.4. The Kier molecular flexibility index (Phi) is 5.10. The molecule has 0 saturated carbocycles. The molecule has 0 aromatic heterocycles. The average molecular weight is 379 g/mol. The van der Waals surface area contributed by atoms with Gasteiger partial charge in [-0.1, -0.05) is 24.3 Å². The first kappa shape index (κ1) is 18.2. The van der Waals surface area contributed by atoms with Crippen LogP contribution < -0.4 is 9.64 Å². The largest absolute Gasteiger partial charge is 0.491 e. The summed E-state index contributed by atoms with van der Waals surface area (Å²) >= 11 is 0. The van der Waals surface area contributed by atoms with Crippen LogP contribution in [-0.2, 0) is 27.2 Å². The molecule has 0 spiro atoms. The Morgan fingerprint density at radius 1 is 1.04 bits per heavy atom. The summed E-state index contributed by atoms with van der Waals surface area (Å²) in [5, 5.41) is 0. The van der Waals surface area contributed by atoms with E-state index in [0.29, 0.717) is 17.0 Å². The number of hydrogen-bond acceptors (Lipinski definition) is 5. The maximum Gasteiger partial charge on any atom is 0.326 e. The molecule has 6 heteroatoms. The highest BCUT2D eigenvalue weighted by Crippen LogP contribution is 2.30. The Morgan fingerprint density at radius 3 is 2.75 bits per heavy atom. The van der Waals surface area contributed by atoms with Gasteiger partial charge < -0.3 is 9.47 Å². The summed E-state index contributed by atoms with van der Waals surface area (Å²) in [5.74, 6) is -0.532. The van der Waals surface area contributed by atoms with Crippen molar-refractivity contribution in [1.82, 2.24) is 0 Å². The van der Waals surface area contributed by atoms with Crippen molar-refractivity contribution < 1.29 is 23.9 Å². The van der Waals surface area contributed by atoms with Crippen LogP contribution >= 0.6 is 0 Å². The number of carbonyl (C=O) groups is 3. The first-order chi connectivity index (χ1) is 13.6. The van der Waals surface area contributed by atoms with E-state index in [-0.39, 0.29) is 37.9 Å². The van der Waals surface area contributed by atoms with Crippen molar-refractivity contribution in [3.63, 3.8) is 0 Å². The SMILES string of the molecule is O=C(CN1C(=O)CCOc2ccccc21)OCC(=O)c1ccc2c(c1)CCC2. The lowest BCUT2D eigenvalue weighted by Crippen LogP contribution is -2.36. The molecule has 1 amide bonds. The lowest BCUT2D eigenvalue weighted by molar-refractivity contribution is -0.141. The van der Waals surface area contributed by atoms with Crippen LogP contribution in [0.25, 0.3) is 0 Å². The number of amides is 1. The standard InChI is InChI=1S/C22H21NO5/c24-19(17-9-8-15-4-3-5-16(15)12-17)14-28-22(26)13-23-18-6-1-2-7-20(18)27-11-10-21(23)25/h1-2,6-9,12H,3-5,10-11,13-14H2. The fourth-order valence-electron chi connectivity index (χ4n) is 3.64. The highest BCUT2D eigenvalue weighted by Gasteiger charge is 2.26. The monoisotopic (exact) mass is 379 g/mol. The Labute approximate surface area is 163 Å². The van der Waals surface area contributed by atoms with Gasteiger partial charge in [-0.15, -0.1) is 0 Å². The summed E-state index contributed by atoms with van der Waals surface area (Å²) in [7, 11) is 0. The number of anilines is 1. The van der Waals surface area contributed by atoms with Gasteiger partial charge in [-0.05, 0) is 48.6 Å². The third kappa shape index (κ3) is 3.76. The van der Waals surface area contributed by atoms with Gasteiger partial charge in [0.25, 0.3) is 0 Å². The van der Waals surface area contributed by atoms with Crippen molar-refractivity contribution >= 4 is 23.3 Å². The molecule has 1 aliphatic carbocycles. The van der Waals surface area contributed by atoms with Gasteiger partial charge in [0, 0.05) is 5.56 Å². The third-order valence-electron chi connectivity index (χ3n) is 5.10. The van der Waals surface area contributed by atoms with E-state index >= 15 is 0 Å². The van der Waals surface area contributed by atoms with E-state index in [1.165, 1.54) is 16.0 Å². The maximum absolute atomic E-state index is 12.4. The van der Waals surface area contributed by atoms with Gasteiger partial charge in [-0.25, -0.2) is 0 Å². The van der Waals surface area contributed by atoms with Crippen molar-refractivity contribution in [3.8, 4) is 5.75 Å². The number of benzene rings is 2. The number of ether oxygens (including phenoxy) is 2. The molecule has 0 saturated heterocycles. The summed E-state index contributed by atoms with van der Waals surface area (Å²) in [5.41, 5.74) is 3.57. The highest BCUT2D eigenvalue weighted by atomic mass is 16.5. The predicted molar refractivity (Wildman–Crippen MR) is 103 cm³/mol. The quantitative estimate of drug-likeness (QED) is 0.590. The van der Waals surface area contributed by atoms with E-state index in [1.807, 2.05) is 12.1 Å². The predicted octanol–water partition coefficient (Wildman–Crippen LogP) is 2.72. The number of carbonyl (C=O) groups excluding carboxylic acids is 3. The van der Waals surface area contributed by atoms with Crippen LogP contribution in [0, 0.1) is 0 Å². The fourth-order valence-corrected chi connectivity index (χ4v) is 3.64. The summed E-state index contributed by atoms with van der Waals surface area (Å²) in [6, 6.07) is 12.7. The number of fused-ring (bicyclic) bond motifs is 2. The van der Waals surface area contributed by atoms with Crippen LogP contribution in [0.15, 0.2) is 42.5 Å². The molecule has 28 heavy (non-hydrogen) atoms. The highest BCUT2D eigenvalue weighted by molar-refractivity contribution is 6.01. The second kappa shape index (κ2) is 7.84. The zero-order valence-electron chi connectivity index (χ0n) is 15.5. The van der Waals surface area contributed by atoms with Crippen LogP contribution in [0.2, 0.25) is 0 Å². The Bertz CT molecular complexity index is 936. The van der Waals surface area contributed by atoms with Crippen molar-refractivity contribution in [2.45, 2.75) is 25.7 Å². The van der Waals surface area contributed by atoms with Crippen LogP contribution in [-0.4, -0.2) is 37.4 Å². The van der Waals surface area contributed by atoms with Gasteiger partial charge in [0.05, 0.1) is 18.7 Å². The number of Topliss-reactive ketones (excluding diaryl/α,β-unsaturated/α-hetero) is 1. The van der Waals surface area contributed by atoms with Crippen molar-refractivity contribution in [1.29, 1.82) is 0 Å². The van der Waals surface area contributed by atoms with Gasteiger partial charge in [-0.2, -0.15) is 0 Å².